The lowest BCUT2D eigenvalue weighted by atomic mass is 10.1. The van der Waals surface area contributed by atoms with Crippen LogP contribution in [0, 0.1) is 0 Å². The zero-order valence-electron chi connectivity index (χ0n) is 17.6. The van der Waals surface area contributed by atoms with E-state index >= 15 is 0 Å². The summed E-state index contributed by atoms with van der Waals surface area (Å²) in [6, 6.07) is 13.4. The van der Waals surface area contributed by atoms with E-state index in [9.17, 15) is 9.59 Å². The molecule has 4 heterocycles. The van der Waals surface area contributed by atoms with Gasteiger partial charge in [-0.2, -0.15) is 5.10 Å². The quantitative estimate of drug-likeness (QED) is 0.450. The lowest BCUT2D eigenvalue weighted by Gasteiger charge is -2.23. The Balaban J connectivity index is 1.34. The van der Waals surface area contributed by atoms with E-state index in [1.54, 1.807) is 29.2 Å². The maximum Gasteiger partial charge on any atom is 0.274 e. The molecule has 1 aliphatic heterocycles. The van der Waals surface area contributed by atoms with E-state index < -0.39 is 0 Å². The molecule has 0 saturated heterocycles. The molecule has 4 N–H and O–H groups in total. The number of carbonyl (C=O) groups is 2. The van der Waals surface area contributed by atoms with Crippen LogP contribution in [0.5, 0.6) is 0 Å². The highest BCUT2D eigenvalue weighted by molar-refractivity contribution is 6.04. The molecule has 1 aromatic carbocycles. The fourth-order valence-electron chi connectivity index (χ4n) is 3.94. The van der Waals surface area contributed by atoms with E-state index in [0.29, 0.717) is 36.7 Å². The van der Waals surface area contributed by atoms with Gasteiger partial charge in [0.25, 0.3) is 11.8 Å². The van der Waals surface area contributed by atoms with Gasteiger partial charge in [-0.3, -0.25) is 14.3 Å². The van der Waals surface area contributed by atoms with Crippen molar-refractivity contribution in [2.75, 3.05) is 11.9 Å². The van der Waals surface area contributed by atoms with Gasteiger partial charge in [0.05, 0.1) is 24.5 Å². The molecule has 0 spiro atoms. The van der Waals surface area contributed by atoms with Gasteiger partial charge in [0.1, 0.15) is 17.0 Å². The minimum Gasteiger partial charge on any atom is -0.349 e. The van der Waals surface area contributed by atoms with Gasteiger partial charge in [-0.1, -0.05) is 24.3 Å². The van der Waals surface area contributed by atoms with Crippen molar-refractivity contribution in [3.8, 4) is 0 Å². The number of fused-ring (bicyclic) bond motifs is 3. The number of pyridine rings is 1. The Bertz CT molecular complexity index is 1320. The molecule has 1 aliphatic rings. The molecule has 9 nitrogen and oxygen atoms in total. The Kier molecular flexibility index (Phi) is 4.95. The first-order chi connectivity index (χ1) is 15.5. The van der Waals surface area contributed by atoms with Crippen molar-refractivity contribution in [3.05, 3.63) is 77.4 Å². The Hall–Kier alpha value is -3.98. The Morgan fingerprint density at radius 3 is 2.78 bits per heavy atom. The Morgan fingerprint density at radius 1 is 1.22 bits per heavy atom. The zero-order valence-corrected chi connectivity index (χ0v) is 17.6. The molecule has 32 heavy (non-hydrogen) atoms. The third-order valence-electron chi connectivity index (χ3n) is 5.64. The van der Waals surface area contributed by atoms with Gasteiger partial charge in [-0.15, -0.1) is 0 Å². The highest BCUT2D eigenvalue weighted by Gasteiger charge is 2.25. The van der Waals surface area contributed by atoms with Gasteiger partial charge in [-0.05, 0) is 36.2 Å². The number of nitrogens with zero attached hydrogens (tertiary/aromatic N) is 4. The molecule has 0 saturated carbocycles. The van der Waals surface area contributed by atoms with E-state index in [4.69, 9.17) is 5.73 Å². The minimum absolute atomic E-state index is 0.0585. The molecule has 1 unspecified atom stereocenters. The van der Waals surface area contributed by atoms with Crippen molar-refractivity contribution in [2.45, 2.75) is 26.1 Å². The van der Waals surface area contributed by atoms with E-state index in [-0.39, 0.29) is 23.6 Å². The van der Waals surface area contributed by atoms with Gasteiger partial charge in [0, 0.05) is 24.7 Å². The minimum atomic E-state index is -0.331. The van der Waals surface area contributed by atoms with Gasteiger partial charge in [-0.25, -0.2) is 4.98 Å². The van der Waals surface area contributed by atoms with Gasteiger partial charge in [0.15, 0.2) is 0 Å². The smallest absolute Gasteiger partial charge is 0.274 e. The SMILES string of the molecule is CC1CNC(=O)c2cc3ccc(C(=O)Nc4cnn(Cc5ccc(CN)cc5)c4)nc3n21. The number of rotatable bonds is 5. The number of hydrogen-bond donors (Lipinski definition) is 3. The molecule has 4 aromatic rings. The van der Waals surface area contributed by atoms with E-state index in [1.807, 2.05) is 41.8 Å². The number of amides is 2. The van der Waals surface area contributed by atoms with Crippen LogP contribution in [0.25, 0.3) is 11.0 Å². The molecule has 9 heteroatoms. The predicted molar refractivity (Wildman–Crippen MR) is 120 cm³/mol. The molecule has 162 valence electrons. The zero-order chi connectivity index (χ0) is 22.2. The topological polar surface area (TPSA) is 120 Å². The molecule has 3 aromatic heterocycles. The van der Waals surface area contributed by atoms with Crippen LogP contribution in [-0.2, 0) is 13.1 Å². The Labute approximate surface area is 184 Å². The lowest BCUT2D eigenvalue weighted by molar-refractivity contribution is 0.0918. The van der Waals surface area contributed by atoms with Crippen molar-refractivity contribution < 1.29 is 9.59 Å². The third-order valence-corrected chi connectivity index (χ3v) is 5.64. The highest BCUT2D eigenvalue weighted by atomic mass is 16.2. The summed E-state index contributed by atoms with van der Waals surface area (Å²) in [5.74, 6) is -0.459. The maximum absolute atomic E-state index is 12.8. The summed E-state index contributed by atoms with van der Waals surface area (Å²) < 4.78 is 3.65. The molecule has 0 bridgehead atoms. The molecular weight excluding hydrogens is 406 g/mol. The number of carbonyl (C=O) groups excluding carboxylic acids is 2. The second-order valence-corrected chi connectivity index (χ2v) is 7.97. The van der Waals surface area contributed by atoms with Crippen molar-refractivity contribution in [1.82, 2.24) is 24.6 Å². The van der Waals surface area contributed by atoms with Crippen LogP contribution in [-0.4, -0.2) is 37.7 Å². The second kappa shape index (κ2) is 7.93. The van der Waals surface area contributed by atoms with Crippen LogP contribution in [0.1, 0.15) is 45.1 Å². The summed E-state index contributed by atoms with van der Waals surface area (Å²) in [6.45, 7) is 3.63. The summed E-state index contributed by atoms with van der Waals surface area (Å²) >= 11 is 0. The average Bonchev–Trinajstić information content (AvgIpc) is 3.41. The largest absolute Gasteiger partial charge is 0.349 e. The third kappa shape index (κ3) is 3.63. The highest BCUT2D eigenvalue weighted by Crippen LogP contribution is 2.25. The van der Waals surface area contributed by atoms with E-state index in [0.717, 1.165) is 16.5 Å². The number of benzene rings is 1. The van der Waals surface area contributed by atoms with Crippen molar-refractivity contribution in [3.63, 3.8) is 0 Å². The normalized spacial score (nSPS) is 15.4. The summed E-state index contributed by atoms with van der Waals surface area (Å²) in [4.78, 5) is 29.5. The summed E-state index contributed by atoms with van der Waals surface area (Å²) in [5, 5.41) is 10.9. The van der Waals surface area contributed by atoms with Crippen LogP contribution in [0.2, 0.25) is 0 Å². The van der Waals surface area contributed by atoms with Gasteiger partial charge >= 0.3 is 0 Å². The molecule has 1 atom stereocenters. The molecule has 2 amide bonds. The number of nitrogens with two attached hydrogens (primary N) is 1. The monoisotopic (exact) mass is 429 g/mol. The second-order valence-electron chi connectivity index (χ2n) is 7.97. The van der Waals surface area contributed by atoms with Crippen LogP contribution in [0.15, 0.2) is 54.9 Å². The fraction of sp³-hybridized carbons (Fsp3) is 0.217. The molecule has 0 radical (unpaired) electrons. The number of aromatic nitrogens is 4. The van der Waals surface area contributed by atoms with E-state index in [2.05, 4.69) is 20.7 Å². The maximum atomic E-state index is 12.8. The number of anilines is 1. The lowest BCUT2D eigenvalue weighted by Crippen LogP contribution is -2.37. The van der Waals surface area contributed by atoms with Crippen molar-refractivity contribution in [1.29, 1.82) is 0 Å². The van der Waals surface area contributed by atoms with E-state index in [1.165, 1.54) is 0 Å². The van der Waals surface area contributed by atoms with Crippen LogP contribution in [0.4, 0.5) is 5.69 Å². The molecule has 5 rings (SSSR count). The first kappa shape index (κ1) is 20.0. The fourth-order valence-corrected chi connectivity index (χ4v) is 3.94. The summed E-state index contributed by atoms with van der Waals surface area (Å²) in [7, 11) is 0. The predicted octanol–water partition coefficient (Wildman–Crippen LogP) is 2.30. The van der Waals surface area contributed by atoms with Crippen LogP contribution >= 0.6 is 0 Å². The number of hydrogen-bond acceptors (Lipinski definition) is 5. The van der Waals surface area contributed by atoms with Gasteiger partial charge < -0.3 is 20.9 Å². The average molecular weight is 429 g/mol. The van der Waals surface area contributed by atoms with Crippen LogP contribution in [0.3, 0.4) is 0 Å². The first-order valence-electron chi connectivity index (χ1n) is 10.4. The van der Waals surface area contributed by atoms with Gasteiger partial charge in [0.2, 0.25) is 0 Å². The first-order valence-corrected chi connectivity index (χ1v) is 10.4. The molecule has 0 fully saturated rings. The number of nitrogens with one attached hydrogen (secondary N) is 2. The van der Waals surface area contributed by atoms with Crippen molar-refractivity contribution >= 4 is 28.5 Å². The van der Waals surface area contributed by atoms with Crippen molar-refractivity contribution in [2.24, 2.45) is 5.73 Å². The standard InChI is InChI=1S/C23H23N7O2/c1-14-10-25-23(32)20-8-17-6-7-19(28-21(17)30(14)20)22(31)27-18-11-26-29(13-18)12-16-4-2-15(9-24)3-5-16/h2-8,11,13-14H,9-10,12,24H2,1H3,(H,25,32)(H,27,31). The molecular formula is C23H23N7O2. The molecule has 0 aliphatic carbocycles. The Morgan fingerprint density at radius 2 is 2.00 bits per heavy atom. The summed E-state index contributed by atoms with van der Waals surface area (Å²) in [6.07, 6.45) is 3.38. The van der Waals surface area contributed by atoms with Crippen LogP contribution < -0.4 is 16.4 Å². The summed E-state index contributed by atoms with van der Waals surface area (Å²) in [5.41, 5.74) is 9.86.